The van der Waals surface area contributed by atoms with Crippen molar-refractivity contribution in [2.45, 2.75) is 0 Å². The van der Waals surface area contributed by atoms with Crippen molar-refractivity contribution < 1.29 is 13.3 Å². The molecule has 31 aromatic rings. The summed E-state index contributed by atoms with van der Waals surface area (Å²) in [6.07, 6.45) is 0. The molecule has 0 saturated carbocycles. The Kier molecular flexibility index (Phi) is 17.6. The Labute approximate surface area is 800 Å². The highest BCUT2D eigenvalue weighted by Gasteiger charge is 2.25. The van der Waals surface area contributed by atoms with Crippen LogP contribution in [0, 0.1) is 0 Å². The van der Waals surface area contributed by atoms with Crippen LogP contribution < -0.4 is 0 Å². The van der Waals surface area contributed by atoms with E-state index in [1.54, 1.807) is 0 Å². The van der Waals surface area contributed by atoms with Crippen molar-refractivity contribution in [2.75, 3.05) is 0 Å². The third-order valence-electron chi connectivity index (χ3n) is 28.3. The maximum atomic E-state index is 6.52. The molecule has 0 spiro atoms. The van der Waals surface area contributed by atoms with Crippen LogP contribution >= 0.6 is 34.0 Å². The lowest BCUT2D eigenvalue weighted by Crippen LogP contribution is -1.93. The number of para-hydroxylation sites is 3. The topological polar surface area (TPSA) is 78.1 Å². The lowest BCUT2D eigenvalue weighted by molar-refractivity contribution is 0.669. The molecule has 138 heavy (non-hydrogen) atoms. The van der Waals surface area contributed by atoms with Gasteiger partial charge in [0.1, 0.15) is 33.5 Å². The number of aromatic nitrogens is 3. The maximum Gasteiger partial charge on any atom is 0.144 e. The normalized spacial score (nSPS) is 12.1. The summed E-state index contributed by atoms with van der Waals surface area (Å²) in [5, 5.41) is 33.7. The van der Waals surface area contributed by atoms with Crippen molar-refractivity contribution in [3.8, 4) is 78.4 Å². The molecule has 0 N–H and O–H groups in total. The van der Waals surface area contributed by atoms with Gasteiger partial charge in [0.05, 0.1) is 39.2 Å². The average Bonchev–Trinajstić information content (AvgIpc) is 1.53. The van der Waals surface area contributed by atoms with Crippen LogP contribution in [-0.4, -0.2) is 15.0 Å². The molecule has 0 bridgehead atoms. The Hall–Kier alpha value is -17.3. The van der Waals surface area contributed by atoms with Gasteiger partial charge >= 0.3 is 0 Å². The van der Waals surface area contributed by atoms with Crippen molar-refractivity contribution in [3.63, 3.8) is 0 Å². The fourth-order valence-electron chi connectivity index (χ4n) is 21.7. The van der Waals surface area contributed by atoms with E-state index in [-0.39, 0.29) is 0 Å². The number of thiophene rings is 3. The number of pyridine rings is 3. The Bertz CT molecular complexity index is 10600. The monoisotopic (exact) mass is 1810 g/mol. The van der Waals surface area contributed by atoms with Gasteiger partial charge in [-0.25, -0.2) is 15.0 Å². The van der Waals surface area contributed by atoms with Crippen LogP contribution in [0.15, 0.2) is 456 Å². The smallest absolute Gasteiger partial charge is 0.144 e. The molecule has 0 aliphatic carbocycles. The fraction of sp³-hybridized carbons (Fsp3) is 0. The molecule has 22 aromatic carbocycles. The lowest BCUT2D eigenvalue weighted by atomic mass is 9.94. The number of rotatable bonds is 7. The summed E-state index contributed by atoms with van der Waals surface area (Å²) in [5.74, 6) is 0. The molecule has 0 aliphatic heterocycles. The summed E-state index contributed by atoms with van der Waals surface area (Å²) in [4.78, 5) is 16.4. The van der Waals surface area contributed by atoms with Crippen molar-refractivity contribution in [2.24, 2.45) is 0 Å². The highest BCUT2D eigenvalue weighted by Crippen LogP contribution is 2.51. The van der Waals surface area contributed by atoms with Crippen LogP contribution in [0.3, 0.4) is 0 Å². The summed E-state index contributed by atoms with van der Waals surface area (Å²) in [5.41, 5.74) is 22.4. The van der Waals surface area contributed by atoms with E-state index in [0.717, 1.165) is 144 Å². The Morgan fingerprint density at radius 2 is 0.609 bits per heavy atom. The minimum Gasteiger partial charge on any atom is -0.456 e. The standard InChI is InChI=1S/C47H27NOS.2C41H23NOS/c1-2-10-29-23-33(20-19-28(29)9-1)39-27-41(34-14-7-13-32(24-34)35-16-8-17-38-36-15-5-6-18-44(36)50-47(35)38)48-46-37(39)21-22-42-45(46)40-25-30-11-3-4-12-31(30)26-43(40)49-42;1-2-11-26-22-38-34(21-25(26)10-1)39-33-23-35(32-17-8-16-31-28-14-5-6-18-36(28)43-41(31)32)42-40(30(33)19-20-37(39)44-38)29-15-7-12-24-9-3-4-13-27(24)29;1-2-8-25-19-28(14-13-24(25)7-1)33-23-35(29-15-16-31-30-11-5-6-12-36(30)43-37(31)21-29)42-41-32(33)17-18-38-40(41)34-20-26-9-3-4-10-27(26)22-39(34)44-38/h1-27H;2*1-23H. The highest BCUT2D eigenvalue weighted by atomic mass is 32.1. The summed E-state index contributed by atoms with van der Waals surface area (Å²) < 4.78 is 27.1. The minimum atomic E-state index is 0.849. The number of hydrogen-bond acceptors (Lipinski definition) is 9. The molecule has 0 atom stereocenters. The molecule has 9 heteroatoms. The van der Waals surface area contributed by atoms with Gasteiger partial charge in [-0.05, 0) is 237 Å². The first-order chi connectivity index (χ1) is 68.3. The number of benzene rings is 22. The first-order valence-corrected chi connectivity index (χ1v) is 49.1. The summed E-state index contributed by atoms with van der Waals surface area (Å²) in [6.45, 7) is 0. The maximum absolute atomic E-state index is 6.52. The third kappa shape index (κ3) is 12.7. The zero-order valence-corrected chi connectivity index (χ0v) is 76.4. The molecule has 0 amide bonds. The van der Waals surface area contributed by atoms with Gasteiger partial charge in [0, 0.05) is 126 Å². The quantitative estimate of drug-likeness (QED) is 0.158. The van der Waals surface area contributed by atoms with Gasteiger partial charge in [-0.15, -0.1) is 34.0 Å². The average molecular weight is 1810 g/mol. The van der Waals surface area contributed by atoms with Crippen LogP contribution in [0.5, 0.6) is 0 Å². The molecule has 0 saturated heterocycles. The molecular weight excluding hydrogens is 1740 g/mol. The predicted molar refractivity (Wildman–Crippen MR) is 589 cm³/mol. The molecule has 9 heterocycles. The van der Waals surface area contributed by atoms with Crippen molar-refractivity contribution in [1.82, 2.24) is 15.0 Å². The SMILES string of the molecule is c1cc(-c2cc(-c3ccc4ccccc4c3)c3ccc4oc5cc6ccccc6cc5c4c3n2)cc(-c2cccc3c2sc2ccccc23)c1.c1ccc2cc(-c3cc(-c4ccc5c(c4)oc4ccccc45)nc4c3ccc3sc5cc6ccccc6cc5c34)ccc2c1.c1ccc2cc3c(cc2c1)sc1ccc2c(-c4cccc5ccccc45)nc(-c4cccc5c4oc4ccccc45)cc2c13. The van der Waals surface area contributed by atoms with Gasteiger partial charge in [0.15, 0.2) is 0 Å². The van der Waals surface area contributed by atoms with E-state index in [0.29, 0.717) is 0 Å². The Morgan fingerprint density at radius 3 is 1.29 bits per heavy atom. The second kappa shape index (κ2) is 31.1. The number of fused-ring (bicyclic) bond motifs is 30. The molecular formula is C129H73N3O3S3. The second-order valence-corrected chi connectivity index (χ2v) is 39.4. The van der Waals surface area contributed by atoms with E-state index in [1.165, 1.54) is 158 Å². The van der Waals surface area contributed by atoms with Crippen molar-refractivity contribution in [3.05, 3.63) is 443 Å². The molecule has 9 aromatic heterocycles. The van der Waals surface area contributed by atoms with Gasteiger partial charge in [-0.1, -0.05) is 309 Å². The van der Waals surface area contributed by atoms with E-state index in [1.807, 2.05) is 58.3 Å². The van der Waals surface area contributed by atoms with Gasteiger partial charge in [-0.2, -0.15) is 0 Å². The molecule has 0 unspecified atom stereocenters. The largest absolute Gasteiger partial charge is 0.456 e. The fourth-order valence-corrected chi connectivity index (χ4v) is 25.2. The van der Waals surface area contributed by atoms with Crippen LogP contribution in [0.25, 0.3) is 302 Å². The van der Waals surface area contributed by atoms with Crippen LogP contribution in [0.1, 0.15) is 0 Å². The molecule has 0 fully saturated rings. The van der Waals surface area contributed by atoms with E-state index in [2.05, 4.69) is 419 Å². The first-order valence-electron chi connectivity index (χ1n) is 46.7. The lowest BCUT2D eigenvalue weighted by Gasteiger charge is -2.14. The van der Waals surface area contributed by atoms with Gasteiger partial charge in [0.2, 0.25) is 0 Å². The first kappa shape index (κ1) is 78.2. The zero-order valence-electron chi connectivity index (χ0n) is 73.9. The van der Waals surface area contributed by atoms with E-state index < -0.39 is 0 Å². The zero-order chi connectivity index (χ0) is 90.3. The highest BCUT2D eigenvalue weighted by molar-refractivity contribution is 7.27. The second-order valence-electron chi connectivity index (χ2n) is 36.2. The Morgan fingerprint density at radius 1 is 0.167 bits per heavy atom. The molecule has 6 nitrogen and oxygen atoms in total. The summed E-state index contributed by atoms with van der Waals surface area (Å²) in [6, 6.07) is 159. The summed E-state index contributed by atoms with van der Waals surface area (Å²) >= 11 is 5.58. The van der Waals surface area contributed by atoms with Gasteiger partial charge in [0.25, 0.3) is 0 Å². The van der Waals surface area contributed by atoms with Gasteiger partial charge < -0.3 is 13.3 Å². The van der Waals surface area contributed by atoms with Gasteiger partial charge in [-0.3, -0.25) is 0 Å². The van der Waals surface area contributed by atoms with Crippen molar-refractivity contribution >= 4 is 258 Å². The minimum absolute atomic E-state index is 0.849. The predicted octanol–water partition coefficient (Wildman–Crippen LogP) is 38.1. The van der Waals surface area contributed by atoms with Crippen LogP contribution in [0.2, 0.25) is 0 Å². The molecule has 640 valence electrons. The van der Waals surface area contributed by atoms with Crippen LogP contribution in [-0.2, 0) is 0 Å². The molecule has 0 radical (unpaired) electrons. The summed E-state index contributed by atoms with van der Waals surface area (Å²) in [7, 11) is 0. The van der Waals surface area contributed by atoms with E-state index in [9.17, 15) is 0 Å². The molecule has 31 rings (SSSR count). The van der Waals surface area contributed by atoms with E-state index >= 15 is 0 Å². The Balaban J connectivity index is 0.000000100. The number of furan rings is 3. The third-order valence-corrected chi connectivity index (χ3v) is 31.7. The number of nitrogens with zero attached hydrogens (tertiary/aromatic N) is 3. The van der Waals surface area contributed by atoms with E-state index in [4.69, 9.17) is 28.2 Å². The number of hydrogen-bond donors (Lipinski definition) is 0. The molecule has 0 aliphatic rings. The van der Waals surface area contributed by atoms with Crippen LogP contribution in [0.4, 0.5) is 0 Å². The van der Waals surface area contributed by atoms with Crippen molar-refractivity contribution in [1.29, 1.82) is 0 Å².